The minimum Gasteiger partial charge on any atom is -0.379 e. The fraction of sp³-hybridized carbons (Fsp3) is 0.562. The molecule has 1 aromatic carbocycles. The average molecular weight is 419 g/mol. The van der Waals surface area contributed by atoms with E-state index in [2.05, 4.69) is 29.4 Å². The number of rotatable bonds is 7. The van der Waals surface area contributed by atoms with Crippen molar-refractivity contribution < 1.29 is 9.47 Å². The summed E-state index contributed by atoms with van der Waals surface area (Å²) in [6.45, 7) is 5.04. The van der Waals surface area contributed by atoms with Crippen LogP contribution in [0.25, 0.3) is 0 Å². The molecular formula is C16H26IN3O2. The maximum absolute atomic E-state index is 5.88. The molecule has 0 aromatic heterocycles. The third-order valence-electron chi connectivity index (χ3n) is 3.43. The van der Waals surface area contributed by atoms with E-state index >= 15 is 0 Å². The van der Waals surface area contributed by atoms with Gasteiger partial charge in [0.25, 0.3) is 0 Å². The fourth-order valence-corrected chi connectivity index (χ4v) is 2.21. The molecule has 0 spiro atoms. The van der Waals surface area contributed by atoms with E-state index < -0.39 is 0 Å². The van der Waals surface area contributed by atoms with E-state index in [9.17, 15) is 0 Å². The number of halogens is 1. The Morgan fingerprint density at radius 2 is 2.36 bits per heavy atom. The average Bonchev–Trinajstić information content (AvgIpc) is 3.00. The summed E-state index contributed by atoms with van der Waals surface area (Å²) in [5, 5.41) is 3.12. The van der Waals surface area contributed by atoms with Crippen molar-refractivity contribution in [1.29, 1.82) is 0 Å². The molecule has 5 nitrogen and oxygen atoms in total. The number of anilines is 1. The number of hydrogen-bond acceptors (Lipinski definition) is 3. The molecular weight excluding hydrogens is 393 g/mol. The van der Waals surface area contributed by atoms with Crippen LogP contribution in [0, 0.1) is 0 Å². The van der Waals surface area contributed by atoms with Gasteiger partial charge < -0.3 is 20.5 Å². The lowest BCUT2D eigenvalue weighted by Crippen LogP contribution is -2.23. The Balaban J connectivity index is 0.00000242. The highest BCUT2D eigenvalue weighted by Crippen LogP contribution is 2.11. The standard InChI is InChI=1S/C16H25N3O2.HI/c1-2-13-5-3-6-14(11-13)19-16(17)18-8-4-9-21-15-7-10-20-12-15;/h3,5-6,11,15H,2,4,7-10,12H2,1H3,(H3,17,18,19);1H. The summed E-state index contributed by atoms with van der Waals surface area (Å²) in [5.41, 5.74) is 8.14. The summed E-state index contributed by atoms with van der Waals surface area (Å²) in [6.07, 6.45) is 3.14. The van der Waals surface area contributed by atoms with Crippen LogP contribution in [0.3, 0.4) is 0 Å². The SMILES string of the molecule is CCc1cccc(NC(N)=NCCCOC2CCOC2)c1.I. The van der Waals surface area contributed by atoms with E-state index in [0.717, 1.165) is 38.2 Å². The molecule has 3 N–H and O–H groups in total. The second-order valence-electron chi connectivity index (χ2n) is 5.16. The summed E-state index contributed by atoms with van der Waals surface area (Å²) < 4.78 is 10.9. The number of aryl methyl sites for hydroxylation is 1. The maximum atomic E-state index is 5.88. The van der Waals surface area contributed by atoms with Crippen LogP contribution in [0.1, 0.15) is 25.3 Å². The molecule has 22 heavy (non-hydrogen) atoms. The summed E-state index contributed by atoms with van der Waals surface area (Å²) >= 11 is 0. The molecule has 1 atom stereocenters. The van der Waals surface area contributed by atoms with Crippen LogP contribution in [-0.2, 0) is 15.9 Å². The number of benzene rings is 1. The number of ether oxygens (including phenoxy) is 2. The Morgan fingerprint density at radius 3 is 3.09 bits per heavy atom. The molecule has 1 heterocycles. The summed E-state index contributed by atoms with van der Waals surface area (Å²) in [4.78, 5) is 4.31. The van der Waals surface area contributed by atoms with Gasteiger partial charge in [0.05, 0.1) is 12.7 Å². The smallest absolute Gasteiger partial charge is 0.193 e. The molecule has 1 aliphatic rings. The van der Waals surface area contributed by atoms with Crippen LogP contribution in [0.15, 0.2) is 29.3 Å². The van der Waals surface area contributed by atoms with E-state index in [4.69, 9.17) is 15.2 Å². The van der Waals surface area contributed by atoms with Crippen LogP contribution in [0.2, 0.25) is 0 Å². The van der Waals surface area contributed by atoms with E-state index in [0.29, 0.717) is 19.1 Å². The van der Waals surface area contributed by atoms with Crippen LogP contribution >= 0.6 is 24.0 Å². The van der Waals surface area contributed by atoms with Gasteiger partial charge in [-0.15, -0.1) is 24.0 Å². The predicted molar refractivity (Wildman–Crippen MR) is 101 cm³/mol. The zero-order valence-electron chi connectivity index (χ0n) is 13.1. The third kappa shape index (κ3) is 6.93. The molecule has 0 amide bonds. The lowest BCUT2D eigenvalue weighted by molar-refractivity contribution is 0.0424. The van der Waals surface area contributed by atoms with Gasteiger partial charge in [-0.05, 0) is 37.0 Å². The monoisotopic (exact) mass is 419 g/mol. The number of aliphatic imine (C=N–C) groups is 1. The second kappa shape index (κ2) is 10.8. The zero-order chi connectivity index (χ0) is 14.9. The van der Waals surface area contributed by atoms with Gasteiger partial charge in [-0.1, -0.05) is 19.1 Å². The minimum absolute atomic E-state index is 0. The lowest BCUT2D eigenvalue weighted by atomic mass is 10.1. The van der Waals surface area contributed by atoms with Crippen molar-refractivity contribution >= 4 is 35.6 Å². The van der Waals surface area contributed by atoms with Gasteiger partial charge in [-0.2, -0.15) is 0 Å². The highest BCUT2D eigenvalue weighted by atomic mass is 127. The van der Waals surface area contributed by atoms with Crippen molar-refractivity contribution in [2.45, 2.75) is 32.3 Å². The Bertz CT molecular complexity index is 462. The second-order valence-corrected chi connectivity index (χ2v) is 5.16. The first kappa shape index (κ1) is 19.2. The van der Waals surface area contributed by atoms with Gasteiger partial charge in [-0.3, -0.25) is 4.99 Å². The summed E-state index contributed by atoms with van der Waals surface area (Å²) in [6, 6.07) is 8.20. The van der Waals surface area contributed by atoms with E-state index in [1.165, 1.54) is 5.56 Å². The molecule has 1 aromatic rings. The Kier molecular flexibility index (Phi) is 9.42. The molecule has 124 valence electrons. The van der Waals surface area contributed by atoms with Crippen molar-refractivity contribution in [2.75, 3.05) is 31.7 Å². The molecule has 1 saturated heterocycles. The first-order chi connectivity index (χ1) is 10.3. The quantitative estimate of drug-likeness (QED) is 0.309. The number of nitrogens with zero attached hydrogens (tertiary/aromatic N) is 1. The molecule has 1 fully saturated rings. The molecule has 1 unspecified atom stereocenters. The molecule has 0 saturated carbocycles. The molecule has 2 rings (SSSR count). The van der Waals surface area contributed by atoms with Crippen molar-refractivity contribution in [3.63, 3.8) is 0 Å². The van der Waals surface area contributed by atoms with Crippen LogP contribution < -0.4 is 11.1 Å². The summed E-state index contributed by atoms with van der Waals surface area (Å²) in [7, 11) is 0. The van der Waals surface area contributed by atoms with Gasteiger partial charge >= 0.3 is 0 Å². The number of nitrogens with one attached hydrogen (secondary N) is 1. The molecule has 0 radical (unpaired) electrons. The zero-order valence-corrected chi connectivity index (χ0v) is 15.4. The Hall–Kier alpha value is -0.860. The molecule has 0 aliphatic carbocycles. The largest absolute Gasteiger partial charge is 0.379 e. The number of hydrogen-bond donors (Lipinski definition) is 2. The van der Waals surface area contributed by atoms with Crippen LogP contribution in [-0.4, -0.2) is 38.4 Å². The molecule has 6 heteroatoms. The Labute approximate surface area is 149 Å². The summed E-state index contributed by atoms with van der Waals surface area (Å²) in [5.74, 6) is 0.451. The van der Waals surface area contributed by atoms with Gasteiger partial charge in [-0.25, -0.2) is 0 Å². The van der Waals surface area contributed by atoms with E-state index in [1.54, 1.807) is 0 Å². The van der Waals surface area contributed by atoms with Crippen LogP contribution in [0.5, 0.6) is 0 Å². The van der Waals surface area contributed by atoms with E-state index in [1.807, 2.05) is 12.1 Å². The fourth-order valence-electron chi connectivity index (χ4n) is 2.21. The number of nitrogens with two attached hydrogens (primary N) is 1. The minimum atomic E-state index is 0. The van der Waals surface area contributed by atoms with Gasteiger partial charge in [0, 0.05) is 25.4 Å². The van der Waals surface area contributed by atoms with Crippen LogP contribution in [0.4, 0.5) is 5.69 Å². The van der Waals surface area contributed by atoms with Crippen molar-refractivity contribution in [3.05, 3.63) is 29.8 Å². The van der Waals surface area contributed by atoms with Crippen molar-refractivity contribution in [2.24, 2.45) is 10.7 Å². The highest BCUT2D eigenvalue weighted by Gasteiger charge is 2.15. The Morgan fingerprint density at radius 1 is 1.50 bits per heavy atom. The first-order valence-corrected chi connectivity index (χ1v) is 7.63. The van der Waals surface area contributed by atoms with E-state index in [-0.39, 0.29) is 30.1 Å². The van der Waals surface area contributed by atoms with Gasteiger partial charge in [0.15, 0.2) is 5.96 Å². The molecule has 1 aliphatic heterocycles. The topological polar surface area (TPSA) is 68.9 Å². The maximum Gasteiger partial charge on any atom is 0.193 e. The van der Waals surface area contributed by atoms with Gasteiger partial charge in [0.2, 0.25) is 0 Å². The van der Waals surface area contributed by atoms with Crippen molar-refractivity contribution in [1.82, 2.24) is 0 Å². The first-order valence-electron chi connectivity index (χ1n) is 7.63. The predicted octanol–water partition coefficient (Wildman–Crippen LogP) is 2.79. The van der Waals surface area contributed by atoms with Crippen molar-refractivity contribution in [3.8, 4) is 0 Å². The normalized spacial score (nSPS) is 18.0. The number of guanidine groups is 1. The third-order valence-corrected chi connectivity index (χ3v) is 3.43. The van der Waals surface area contributed by atoms with Gasteiger partial charge in [0.1, 0.15) is 0 Å². The molecule has 0 bridgehead atoms. The lowest BCUT2D eigenvalue weighted by Gasteiger charge is -2.09. The highest BCUT2D eigenvalue weighted by molar-refractivity contribution is 14.0.